The van der Waals surface area contributed by atoms with Gasteiger partial charge in [-0.3, -0.25) is 9.36 Å². The molecule has 5 aromatic rings. The van der Waals surface area contributed by atoms with Crippen molar-refractivity contribution in [3.05, 3.63) is 116 Å². The number of aromatic nitrogens is 4. The predicted molar refractivity (Wildman–Crippen MR) is 172 cm³/mol. The maximum absolute atomic E-state index is 13.3. The van der Waals surface area contributed by atoms with Crippen LogP contribution in [-0.4, -0.2) is 56.7 Å². The molecule has 1 amide bonds. The Morgan fingerprint density at radius 3 is 2.45 bits per heavy atom. The fourth-order valence-corrected chi connectivity index (χ4v) is 7.05. The minimum absolute atomic E-state index is 0.0175. The largest absolute Gasteiger partial charge is 0.368 e. The Morgan fingerprint density at radius 1 is 0.929 bits per heavy atom. The molecular weight excluding hydrogens is 607 g/mol. The third-order valence-electron chi connectivity index (χ3n) is 7.19. The van der Waals surface area contributed by atoms with E-state index in [1.807, 2.05) is 45.2 Å². The molecule has 0 N–H and O–H groups in total. The summed E-state index contributed by atoms with van der Waals surface area (Å²) in [6.45, 7) is 5.08. The molecule has 1 aliphatic heterocycles. The van der Waals surface area contributed by atoms with Crippen LogP contribution in [0.5, 0.6) is 0 Å². The van der Waals surface area contributed by atoms with Crippen molar-refractivity contribution in [2.45, 2.75) is 24.3 Å². The van der Waals surface area contributed by atoms with Crippen molar-refractivity contribution in [1.82, 2.24) is 24.6 Å². The quantitative estimate of drug-likeness (QED) is 0.168. The molecule has 11 heteroatoms. The Hall–Kier alpha value is -3.37. The number of hydrogen-bond acceptors (Lipinski definition) is 7. The molecule has 0 bridgehead atoms. The van der Waals surface area contributed by atoms with E-state index < -0.39 is 0 Å². The van der Waals surface area contributed by atoms with Gasteiger partial charge in [-0.25, -0.2) is 4.98 Å². The van der Waals surface area contributed by atoms with Gasteiger partial charge in [-0.1, -0.05) is 83.5 Å². The Morgan fingerprint density at radius 2 is 1.69 bits per heavy atom. The lowest BCUT2D eigenvalue weighted by Crippen LogP contribution is -2.49. The molecule has 2 aromatic heterocycles. The fraction of sp³-hybridized carbons (Fsp3) is 0.226. The van der Waals surface area contributed by atoms with Crippen LogP contribution in [-0.2, 0) is 12.2 Å². The van der Waals surface area contributed by atoms with Gasteiger partial charge in [-0.2, -0.15) is 0 Å². The first kappa shape index (κ1) is 28.7. The van der Waals surface area contributed by atoms with Crippen LogP contribution in [0.25, 0.3) is 5.69 Å². The summed E-state index contributed by atoms with van der Waals surface area (Å²) in [6.07, 6.45) is 0.613. The van der Waals surface area contributed by atoms with Crippen molar-refractivity contribution < 1.29 is 4.79 Å². The van der Waals surface area contributed by atoms with E-state index in [4.69, 9.17) is 28.2 Å². The van der Waals surface area contributed by atoms with Crippen LogP contribution < -0.4 is 4.90 Å². The Balaban J connectivity index is 1.14. The first-order valence-electron chi connectivity index (χ1n) is 13.6. The second-order valence-corrected chi connectivity index (χ2v) is 12.7. The molecule has 0 saturated carbocycles. The Bertz CT molecular complexity index is 1700. The number of nitrogens with zero attached hydrogens (tertiary/aromatic N) is 6. The molecule has 0 radical (unpaired) electrons. The van der Waals surface area contributed by atoms with Crippen molar-refractivity contribution >= 4 is 57.9 Å². The van der Waals surface area contributed by atoms with E-state index in [2.05, 4.69) is 58.4 Å². The predicted octanol–water partition coefficient (Wildman–Crippen LogP) is 7.18. The standard InChI is InChI=1S/C31H28Cl2N6OS2/c1-21-7-5-6-10-27(21)37-13-15-38(16-14-37)30(40)26-19-41-29(34-26)20-42-31-36-35-28(17-22-8-3-2-4-9-22)39(31)23-11-12-24(32)25(33)18-23/h2-12,18-19H,13-17,20H2,1H3. The van der Waals surface area contributed by atoms with Crippen molar-refractivity contribution in [2.24, 2.45) is 0 Å². The van der Waals surface area contributed by atoms with Gasteiger partial charge in [-0.05, 0) is 42.3 Å². The topological polar surface area (TPSA) is 67.2 Å². The van der Waals surface area contributed by atoms with Crippen LogP contribution >= 0.6 is 46.3 Å². The number of aryl methyl sites for hydroxylation is 1. The first-order valence-corrected chi connectivity index (χ1v) is 16.2. The second kappa shape index (κ2) is 12.9. The lowest BCUT2D eigenvalue weighted by molar-refractivity contribution is 0.0741. The number of carbonyl (C=O) groups excluding carboxylic acids is 1. The van der Waals surface area contributed by atoms with E-state index in [1.165, 1.54) is 34.3 Å². The molecule has 7 nitrogen and oxygen atoms in total. The van der Waals surface area contributed by atoms with Gasteiger partial charge in [0.1, 0.15) is 16.5 Å². The van der Waals surface area contributed by atoms with Crippen LogP contribution in [0.1, 0.15) is 32.4 Å². The first-order chi connectivity index (χ1) is 20.5. The maximum Gasteiger partial charge on any atom is 0.273 e. The summed E-state index contributed by atoms with van der Waals surface area (Å²) in [5, 5.41) is 13.4. The number of thioether (sulfide) groups is 1. The fourth-order valence-electron chi connectivity index (χ4n) is 5.00. The van der Waals surface area contributed by atoms with Gasteiger partial charge in [0.05, 0.1) is 21.5 Å². The number of benzene rings is 3. The zero-order chi connectivity index (χ0) is 29.1. The zero-order valence-electron chi connectivity index (χ0n) is 22.9. The van der Waals surface area contributed by atoms with Crippen LogP contribution in [0.2, 0.25) is 10.0 Å². The molecule has 3 heterocycles. The smallest absolute Gasteiger partial charge is 0.273 e. The zero-order valence-corrected chi connectivity index (χ0v) is 26.1. The summed E-state index contributed by atoms with van der Waals surface area (Å²) in [4.78, 5) is 22.2. The summed E-state index contributed by atoms with van der Waals surface area (Å²) in [7, 11) is 0. The molecule has 0 atom stereocenters. The lowest BCUT2D eigenvalue weighted by Gasteiger charge is -2.36. The van der Waals surface area contributed by atoms with Gasteiger partial charge in [0.2, 0.25) is 0 Å². The van der Waals surface area contributed by atoms with Gasteiger partial charge in [0.25, 0.3) is 5.91 Å². The summed E-state index contributed by atoms with van der Waals surface area (Å²) >= 11 is 15.6. The number of para-hydroxylation sites is 1. The number of anilines is 1. The van der Waals surface area contributed by atoms with E-state index >= 15 is 0 Å². The number of hydrogen-bond donors (Lipinski definition) is 0. The molecule has 3 aromatic carbocycles. The molecule has 1 saturated heterocycles. The average molecular weight is 636 g/mol. The molecule has 0 aliphatic carbocycles. The number of carbonyl (C=O) groups is 1. The van der Waals surface area contributed by atoms with Gasteiger partial charge in [-0.15, -0.1) is 21.5 Å². The van der Waals surface area contributed by atoms with Gasteiger partial charge in [0, 0.05) is 43.7 Å². The summed E-state index contributed by atoms with van der Waals surface area (Å²) < 4.78 is 2.01. The van der Waals surface area contributed by atoms with Crippen molar-refractivity contribution in [3.8, 4) is 5.69 Å². The molecule has 1 aliphatic rings. The highest BCUT2D eigenvalue weighted by Crippen LogP contribution is 2.31. The monoisotopic (exact) mass is 634 g/mol. The highest BCUT2D eigenvalue weighted by Gasteiger charge is 2.25. The van der Waals surface area contributed by atoms with Crippen LogP contribution in [0.15, 0.2) is 83.3 Å². The van der Waals surface area contributed by atoms with Crippen molar-refractivity contribution in [3.63, 3.8) is 0 Å². The van der Waals surface area contributed by atoms with E-state index in [0.717, 1.165) is 40.3 Å². The number of piperazine rings is 1. The van der Waals surface area contributed by atoms with Gasteiger partial charge >= 0.3 is 0 Å². The van der Waals surface area contributed by atoms with Crippen molar-refractivity contribution in [1.29, 1.82) is 0 Å². The molecule has 6 rings (SSSR count). The van der Waals surface area contributed by atoms with Crippen molar-refractivity contribution in [2.75, 3.05) is 31.1 Å². The Labute approximate surface area is 263 Å². The highest BCUT2D eigenvalue weighted by molar-refractivity contribution is 7.98. The lowest BCUT2D eigenvalue weighted by atomic mass is 10.1. The molecule has 0 unspecified atom stereocenters. The summed E-state index contributed by atoms with van der Waals surface area (Å²) in [5.74, 6) is 1.34. The number of amides is 1. The third-order valence-corrected chi connectivity index (χ3v) is 9.90. The number of rotatable bonds is 8. The van der Waals surface area contributed by atoms with E-state index in [0.29, 0.717) is 41.0 Å². The normalized spacial score (nSPS) is 13.5. The highest BCUT2D eigenvalue weighted by atomic mass is 35.5. The minimum Gasteiger partial charge on any atom is -0.368 e. The molecular formula is C31H28Cl2N6OS2. The van der Waals surface area contributed by atoms with E-state index in [9.17, 15) is 4.79 Å². The van der Waals surface area contributed by atoms with Gasteiger partial charge in [0.15, 0.2) is 5.16 Å². The molecule has 1 fully saturated rings. The Kier molecular flexibility index (Phi) is 8.81. The minimum atomic E-state index is -0.0175. The number of thiazole rings is 1. The molecule has 214 valence electrons. The third kappa shape index (κ3) is 6.34. The SMILES string of the molecule is Cc1ccccc1N1CCN(C(=O)c2csc(CSc3nnc(Cc4ccccc4)n3-c3ccc(Cl)c(Cl)c3)n2)CC1. The number of halogens is 2. The van der Waals surface area contributed by atoms with Crippen LogP contribution in [0, 0.1) is 6.92 Å². The summed E-state index contributed by atoms with van der Waals surface area (Å²) in [6, 6.07) is 24.0. The molecule has 0 spiro atoms. The maximum atomic E-state index is 13.3. The molecule has 42 heavy (non-hydrogen) atoms. The van der Waals surface area contributed by atoms with E-state index in [-0.39, 0.29) is 5.91 Å². The second-order valence-electron chi connectivity index (χ2n) is 9.98. The average Bonchev–Trinajstić information content (AvgIpc) is 3.65. The van der Waals surface area contributed by atoms with Crippen LogP contribution in [0.4, 0.5) is 5.69 Å². The van der Waals surface area contributed by atoms with Gasteiger partial charge < -0.3 is 9.80 Å². The van der Waals surface area contributed by atoms with Crippen LogP contribution in [0.3, 0.4) is 0 Å². The van der Waals surface area contributed by atoms with E-state index in [1.54, 1.807) is 6.07 Å². The summed E-state index contributed by atoms with van der Waals surface area (Å²) in [5.41, 5.74) is 4.95.